The van der Waals surface area contributed by atoms with Crippen LogP contribution < -0.4 is 15.0 Å². The Hall–Kier alpha value is -3.42. The van der Waals surface area contributed by atoms with Crippen LogP contribution in [0.3, 0.4) is 0 Å². The van der Waals surface area contributed by atoms with E-state index in [-0.39, 0.29) is 5.91 Å². The second kappa shape index (κ2) is 8.94. The maximum atomic E-state index is 12.6. The van der Waals surface area contributed by atoms with Crippen LogP contribution in [0.25, 0.3) is 11.3 Å². The Labute approximate surface area is 175 Å². The number of aryl methyl sites for hydroxylation is 1. The molecule has 1 aliphatic heterocycles. The van der Waals surface area contributed by atoms with E-state index in [0.717, 1.165) is 30.2 Å². The van der Waals surface area contributed by atoms with Crippen LogP contribution >= 0.6 is 0 Å². The highest BCUT2D eigenvalue weighted by atomic mass is 16.5. The second-order valence-electron chi connectivity index (χ2n) is 7.44. The number of nitrogens with one attached hydrogen (secondary N) is 1. The fourth-order valence-corrected chi connectivity index (χ4v) is 3.68. The van der Waals surface area contributed by atoms with Crippen molar-refractivity contribution in [3.8, 4) is 17.1 Å². The van der Waals surface area contributed by atoms with Crippen LogP contribution in [-0.2, 0) is 7.05 Å². The summed E-state index contributed by atoms with van der Waals surface area (Å²) in [5.41, 5.74) is 2.71. The van der Waals surface area contributed by atoms with Crippen molar-refractivity contribution in [2.75, 3.05) is 30.4 Å². The molecule has 0 saturated carbocycles. The van der Waals surface area contributed by atoms with Gasteiger partial charge in [0.15, 0.2) is 5.82 Å². The monoisotopic (exact) mass is 406 g/mol. The third-order valence-electron chi connectivity index (χ3n) is 5.23. The summed E-state index contributed by atoms with van der Waals surface area (Å²) in [5, 5.41) is 15.9. The zero-order valence-corrected chi connectivity index (χ0v) is 17.3. The molecule has 8 nitrogen and oxygen atoms in total. The molecule has 1 amide bonds. The average Bonchev–Trinajstić information content (AvgIpc) is 2.96. The Kier molecular flexibility index (Phi) is 5.92. The van der Waals surface area contributed by atoms with Gasteiger partial charge in [0.1, 0.15) is 5.56 Å². The predicted octanol–water partition coefficient (Wildman–Crippen LogP) is 3.52. The van der Waals surface area contributed by atoms with Crippen molar-refractivity contribution < 1.29 is 9.53 Å². The fourth-order valence-electron chi connectivity index (χ4n) is 3.68. The maximum absolute atomic E-state index is 12.6. The predicted molar refractivity (Wildman–Crippen MR) is 116 cm³/mol. The maximum Gasteiger partial charge on any atom is 0.262 e. The number of aromatic nitrogens is 4. The first-order chi connectivity index (χ1) is 14.6. The number of benzene rings is 1. The normalized spacial score (nSPS) is 14.3. The molecule has 0 spiro atoms. The molecule has 0 unspecified atom stereocenters. The van der Waals surface area contributed by atoms with Gasteiger partial charge in [-0.3, -0.25) is 9.48 Å². The molecule has 0 atom stereocenters. The zero-order chi connectivity index (χ0) is 20.9. The number of carbonyl (C=O) groups is 1. The fraction of sp³-hybridized carbons (Fsp3) is 0.364. The number of carbonyl (C=O) groups excluding carboxylic acids is 1. The minimum atomic E-state index is -0.278. The smallest absolute Gasteiger partial charge is 0.262 e. The van der Waals surface area contributed by atoms with Crippen molar-refractivity contribution >= 4 is 17.4 Å². The lowest BCUT2D eigenvalue weighted by molar-refractivity contribution is 0.102. The van der Waals surface area contributed by atoms with Crippen molar-refractivity contribution in [1.82, 2.24) is 20.0 Å². The van der Waals surface area contributed by atoms with Crippen molar-refractivity contribution in [1.29, 1.82) is 0 Å². The van der Waals surface area contributed by atoms with E-state index in [1.807, 2.05) is 36.4 Å². The summed E-state index contributed by atoms with van der Waals surface area (Å²) >= 11 is 0. The van der Waals surface area contributed by atoms with Crippen LogP contribution in [0.5, 0.6) is 5.88 Å². The molecular weight excluding hydrogens is 380 g/mol. The topological polar surface area (TPSA) is 85.2 Å². The molecule has 156 valence electrons. The van der Waals surface area contributed by atoms with Crippen LogP contribution in [0.4, 0.5) is 11.5 Å². The summed E-state index contributed by atoms with van der Waals surface area (Å²) in [6, 6.07) is 11.6. The number of anilines is 2. The number of rotatable bonds is 5. The van der Waals surface area contributed by atoms with Gasteiger partial charge in [0.05, 0.1) is 12.8 Å². The van der Waals surface area contributed by atoms with Crippen molar-refractivity contribution in [3.05, 3.63) is 48.2 Å². The number of ether oxygens (including phenoxy) is 1. The van der Waals surface area contributed by atoms with Crippen LogP contribution in [-0.4, -0.2) is 46.1 Å². The van der Waals surface area contributed by atoms with Crippen molar-refractivity contribution in [2.45, 2.75) is 25.7 Å². The first-order valence-electron chi connectivity index (χ1n) is 10.2. The molecule has 4 rings (SSSR count). The van der Waals surface area contributed by atoms with E-state index >= 15 is 0 Å². The summed E-state index contributed by atoms with van der Waals surface area (Å²) in [5.74, 6) is 0.939. The number of amides is 1. The number of nitrogens with zero attached hydrogens (tertiary/aromatic N) is 5. The van der Waals surface area contributed by atoms with E-state index in [0.29, 0.717) is 17.1 Å². The summed E-state index contributed by atoms with van der Waals surface area (Å²) < 4.78 is 6.72. The summed E-state index contributed by atoms with van der Waals surface area (Å²) in [4.78, 5) is 14.9. The Morgan fingerprint density at radius 3 is 2.57 bits per heavy atom. The van der Waals surface area contributed by atoms with Gasteiger partial charge in [0.25, 0.3) is 5.91 Å². The van der Waals surface area contributed by atoms with Gasteiger partial charge in [0, 0.05) is 37.6 Å². The highest BCUT2D eigenvalue weighted by Gasteiger charge is 2.17. The molecule has 1 aliphatic rings. The molecule has 30 heavy (non-hydrogen) atoms. The highest BCUT2D eigenvalue weighted by Crippen LogP contribution is 2.24. The average molecular weight is 406 g/mol. The molecular formula is C22H26N6O2. The van der Waals surface area contributed by atoms with Gasteiger partial charge in [-0.1, -0.05) is 25.0 Å². The first-order valence-corrected chi connectivity index (χ1v) is 10.2. The minimum Gasteiger partial charge on any atom is -0.479 e. The molecule has 0 radical (unpaired) electrons. The van der Waals surface area contributed by atoms with Gasteiger partial charge in [-0.05, 0) is 37.1 Å². The van der Waals surface area contributed by atoms with E-state index in [2.05, 4.69) is 25.5 Å². The largest absolute Gasteiger partial charge is 0.479 e. The molecule has 3 aromatic rings. The van der Waals surface area contributed by atoms with E-state index in [1.165, 1.54) is 32.8 Å². The van der Waals surface area contributed by atoms with Gasteiger partial charge < -0.3 is 15.0 Å². The van der Waals surface area contributed by atoms with Gasteiger partial charge in [-0.2, -0.15) is 0 Å². The lowest BCUT2D eigenvalue weighted by Gasteiger charge is -2.20. The standard InChI is InChI=1S/C22H26N6O2/c1-27-15-18(22(26-27)30-2)21(29)23-17-9-7-8-16(14-17)19-10-11-20(25-24-19)28-12-5-3-4-6-13-28/h7-11,14-15H,3-6,12-13H2,1-2H3,(H,23,29). The lowest BCUT2D eigenvalue weighted by atomic mass is 10.1. The first kappa shape index (κ1) is 19.9. The Morgan fingerprint density at radius 2 is 1.87 bits per heavy atom. The van der Waals surface area contributed by atoms with Gasteiger partial charge in [0.2, 0.25) is 5.88 Å². The summed E-state index contributed by atoms with van der Waals surface area (Å²) in [6.07, 6.45) is 6.60. The summed E-state index contributed by atoms with van der Waals surface area (Å²) in [7, 11) is 3.24. The third-order valence-corrected chi connectivity index (χ3v) is 5.23. The highest BCUT2D eigenvalue weighted by molar-refractivity contribution is 6.05. The quantitative estimate of drug-likeness (QED) is 0.698. The van der Waals surface area contributed by atoms with Crippen LogP contribution in [0.15, 0.2) is 42.6 Å². The molecule has 8 heteroatoms. The molecule has 1 fully saturated rings. The molecule has 1 N–H and O–H groups in total. The van der Waals surface area contributed by atoms with E-state index < -0.39 is 0 Å². The number of hydrogen-bond donors (Lipinski definition) is 1. The molecule has 0 aliphatic carbocycles. The SMILES string of the molecule is COc1nn(C)cc1C(=O)Nc1cccc(-c2ccc(N3CCCCCC3)nn2)c1. The van der Waals surface area contributed by atoms with Crippen molar-refractivity contribution in [2.24, 2.45) is 7.05 Å². The Bertz CT molecular complexity index is 1010. The number of hydrogen-bond acceptors (Lipinski definition) is 6. The second-order valence-corrected chi connectivity index (χ2v) is 7.44. The van der Waals surface area contributed by atoms with Gasteiger partial charge in [-0.25, -0.2) is 0 Å². The molecule has 1 aromatic carbocycles. The van der Waals surface area contributed by atoms with Gasteiger partial charge >= 0.3 is 0 Å². The lowest BCUT2D eigenvalue weighted by Crippen LogP contribution is -2.25. The van der Waals surface area contributed by atoms with Crippen LogP contribution in [0, 0.1) is 0 Å². The van der Waals surface area contributed by atoms with E-state index in [9.17, 15) is 4.79 Å². The molecule has 0 bridgehead atoms. The Balaban J connectivity index is 1.49. The molecule has 1 saturated heterocycles. The van der Waals surface area contributed by atoms with E-state index in [4.69, 9.17) is 4.74 Å². The van der Waals surface area contributed by atoms with Crippen molar-refractivity contribution in [3.63, 3.8) is 0 Å². The molecule has 3 heterocycles. The Morgan fingerprint density at radius 1 is 1.07 bits per heavy atom. The number of methoxy groups -OCH3 is 1. The van der Waals surface area contributed by atoms with Gasteiger partial charge in [-0.15, -0.1) is 15.3 Å². The minimum absolute atomic E-state index is 0.278. The van der Waals surface area contributed by atoms with Crippen LogP contribution in [0.2, 0.25) is 0 Å². The van der Waals surface area contributed by atoms with E-state index in [1.54, 1.807) is 17.9 Å². The summed E-state index contributed by atoms with van der Waals surface area (Å²) in [6.45, 7) is 2.07. The zero-order valence-electron chi connectivity index (χ0n) is 17.3. The van der Waals surface area contributed by atoms with Crippen LogP contribution in [0.1, 0.15) is 36.0 Å². The third kappa shape index (κ3) is 4.42. The molecule has 2 aromatic heterocycles.